The first-order valence-electron chi connectivity index (χ1n) is 9.76. The molecule has 2 aromatic heterocycles. The van der Waals surface area contributed by atoms with Crippen LogP contribution in [-0.2, 0) is 32.7 Å². The van der Waals surface area contributed by atoms with Crippen LogP contribution < -0.4 is 5.32 Å². The van der Waals surface area contributed by atoms with Gasteiger partial charge in [-0.2, -0.15) is 0 Å². The van der Waals surface area contributed by atoms with E-state index in [0.717, 1.165) is 5.56 Å². The lowest BCUT2D eigenvalue weighted by molar-refractivity contribution is 0.0240. The number of aromatic nitrogens is 5. The molecule has 1 fully saturated rings. The number of aryl methyl sites for hydroxylation is 1. The molecule has 1 atom stereocenters. The minimum atomic E-state index is -0.634. The molecule has 0 radical (unpaired) electrons. The second kappa shape index (κ2) is 10.4. The summed E-state index contributed by atoms with van der Waals surface area (Å²) in [6.45, 7) is 0.775. The molecule has 3 aromatic rings. The van der Waals surface area contributed by atoms with Crippen molar-refractivity contribution in [3.63, 3.8) is 0 Å². The average molecular weight is 439 g/mol. The number of pyridine rings is 1. The molecule has 1 aromatic carbocycles. The molecule has 166 valence electrons. The summed E-state index contributed by atoms with van der Waals surface area (Å²) in [6, 6.07) is 14.6. The van der Waals surface area contributed by atoms with Crippen LogP contribution >= 0.6 is 0 Å². The molecular weight excluding hydrogens is 418 g/mol. The standard InChI is InChI=1S/C20H21N7O5/c1-27-19(23-25-26-27)18(14-6-3-2-4-7-14)24-32-10-15-8-5-9-17(21-15)22-20(28)30-12-16-11-29-13-31-16/h2-9,16H,10-13H2,1H3,(H,21,22,28). The first-order chi connectivity index (χ1) is 15.7. The minimum Gasteiger partial charge on any atom is -0.446 e. The molecule has 1 aliphatic rings. The van der Waals surface area contributed by atoms with Gasteiger partial charge in [-0.1, -0.05) is 41.6 Å². The van der Waals surface area contributed by atoms with Gasteiger partial charge in [0.15, 0.2) is 12.3 Å². The highest BCUT2D eigenvalue weighted by atomic mass is 16.7. The van der Waals surface area contributed by atoms with E-state index in [1.54, 1.807) is 25.2 Å². The molecule has 1 amide bonds. The number of carbonyl (C=O) groups excluding carboxylic acids is 1. The zero-order valence-electron chi connectivity index (χ0n) is 17.2. The molecule has 3 heterocycles. The molecule has 12 heteroatoms. The number of ether oxygens (including phenoxy) is 3. The Morgan fingerprint density at radius 3 is 2.88 bits per heavy atom. The molecule has 1 unspecified atom stereocenters. The molecule has 0 spiro atoms. The van der Waals surface area contributed by atoms with Crippen LogP contribution in [0.5, 0.6) is 0 Å². The van der Waals surface area contributed by atoms with Crippen molar-refractivity contribution in [2.45, 2.75) is 12.7 Å². The third kappa shape index (κ3) is 5.62. The first kappa shape index (κ1) is 21.3. The quantitative estimate of drug-likeness (QED) is 0.409. The Labute approximate surface area is 183 Å². The van der Waals surface area contributed by atoms with Crippen molar-refractivity contribution >= 4 is 17.6 Å². The number of benzene rings is 1. The van der Waals surface area contributed by atoms with Crippen molar-refractivity contribution in [3.8, 4) is 0 Å². The lowest BCUT2D eigenvalue weighted by Gasteiger charge is -2.10. The maximum Gasteiger partial charge on any atom is 0.412 e. The number of tetrazole rings is 1. The van der Waals surface area contributed by atoms with Crippen molar-refractivity contribution in [2.24, 2.45) is 12.2 Å². The van der Waals surface area contributed by atoms with Gasteiger partial charge in [0.05, 0.1) is 12.3 Å². The summed E-state index contributed by atoms with van der Waals surface area (Å²) in [5, 5.41) is 18.3. The lowest BCUT2D eigenvalue weighted by atomic mass is 10.1. The highest BCUT2D eigenvalue weighted by Crippen LogP contribution is 2.11. The van der Waals surface area contributed by atoms with E-state index in [-0.39, 0.29) is 26.1 Å². The van der Waals surface area contributed by atoms with Crippen molar-refractivity contribution in [1.82, 2.24) is 25.2 Å². The van der Waals surface area contributed by atoms with E-state index >= 15 is 0 Å². The van der Waals surface area contributed by atoms with Crippen LogP contribution in [0, 0.1) is 0 Å². The van der Waals surface area contributed by atoms with Crippen LogP contribution in [0.4, 0.5) is 10.6 Å². The number of nitrogens with zero attached hydrogens (tertiary/aromatic N) is 6. The van der Waals surface area contributed by atoms with E-state index in [1.807, 2.05) is 30.3 Å². The monoisotopic (exact) mass is 439 g/mol. The number of amides is 1. The third-order valence-corrected chi connectivity index (χ3v) is 4.38. The van der Waals surface area contributed by atoms with Gasteiger partial charge >= 0.3 is 6.09 Å². The molecule has 1 aliphatic heterocycles. The lowest BCUT2D eigenvalue weighted by Crippen LogP contribution is -2.23. The molecule has 1 N–H and O–H groups in total. The summed E-state index contributed by atoms with van der Waals surface area (Å²) in [7, 11) is 1.72. The number of hydrogen-bond acceptors (Lipinski definition) is 10. The normalized spacial score (nSPS) is 16.0. The van der Waals surface area contributed by atoms with Crippen LogP contribution in [-0.4, -0.2) is 63.1 Å². The highest BCUT2D eigenvalue weighted by Gasteiger charge is 2.18. The highest BCUT2D eigenvalue weighted by molar-refractivity contribution is 6.10. The van der Waals surface area contributed by atoms with Crippen LogP contribution in [0.25, 0.3) is 0 Å². The molecule has 4 rings (SSSR count). The number of rotatable bonds is 8. The summed E-state index contributed by atoms with van der Waals surface area (Å²) in [5.74, 6) is 0.781. The molecule has 32 heavy (non-hydrogen) atoms. The second-order valence-corrected chi connectivity index (χ2v) is 6.72. The van der Waals surface area contributed by atoms with E-state index in [4.69, 9.17) is 19.0 Å². The molecule has 12 nitrogen and oxygen atoms in total. The first-order valence-corrected chi connectivity index (χ1v) is 9.76. The van der Waals surface area contributed by atoms with Gasteiger partial charge in [0.1, 0.15) is 25.3 Å². The number of carbonyl (C=O) groups is 1. The molecule has 0 saturated carbocycles. The SMILES string of the molecule is Cn1nnnc1C(=NOCc1cccc(NC(=O)OCC2COCO2)n1)c1ccccc1. The Balaban J connectivity index is 1.37. The molecule has 0 aliphatic carbocycles. The Hall–Kier alpha value is -3.90. The topological polar surface area (TPSA) is 135 Å². The van der Waals surface area contributed by atoms with Gasteiger partial charge in [-0.3, -0.25) is 5.32 Å². The molecule has 1 saturated heterocycles. The summed E-state index contributed by atoms with van der Waals surface area (Å²) < 4.78 is 16.9. The van der Waals surface area contributed by atoms with Gasteiger partial charge in [-0.05, 0) is 22.6 Å². The van der Waals surface area contributed by atoms with E-state index in [0.29, 0.717) is 29.7 Å². The fourth-order valence-corrected chi connectivity index (χ4v) is 2.82. The predicted molar refractivity (Wildman–Crippen MR) is 111 cm³/mol. The van der Waals surface area contributed by atoms with Gasteiger partial charge in [0.25, 0.3) is 0 Å². The molecule has 0 bridgehead atoms. The number of nitrogens with one attached hydrogen (secondary N) is 1. The average Bonchev–Trinajstić information content (AvgIpc) is 3.48. The summed E-state index contributed by atoms with van der Waals surface area (Å²) in [5.41, 5.74) is 1.84. The Morgan fingerprint density at radius 2 is 2.12 bits per heavy atom. The maximum atomic E-state index is 12.0. The van der Waals surface area contributed by atoms with Crippen LogP contribution in [0.2, 0.25) is 0 Å². The smallest absolute Gasteiger partial charge is 0.412 e. The summed E-state index contributed by atoms with van der Waals surface area (Å²) in [6.07, 6.45) is -0.889. The van der Waals surface area contributed by atoms with Gasteiger partial charge < -0.3 is 19.0 Å². The predicted octanol–water partition coefficient (Wildman–Crippen LogP) is 1.50. The van der Waals surface area contributed by atoms with Crippen LogP contribution in [0.3, 0.4) is 0 Å². The number of hydrogen-bond donors (Lipinski definition) is 1. The van der Waals surface area contributed by atoms with E-state index in [9.17, 15) is 4.79 Å². The molecular formula is C20H21N7O5. The van der Waals surface area contributed by atoms with Crippen molar-refractivity contribution < 1.29 is 23.8 Å². The van der Waals surface area contributed by atoms with Crippen LogP contribution in [0.15, 0.2) is 53.7 Å². The van der Waals surface area contributed by atoms with E-state index in [2.05, 4.69) is 31.0 Å². The van der Waals surface area contributed by atoms with E-state index < -0.39 is 6.09 Å². The van der Waals surface area contributed by atoms with Gasteiger partial charge in [0, 0.05) is 12.6 Å². The Bertz CT molecular complexity index is 1070. The maximum absolute atomic E-state index is 12.0. The summed E-state index contributed by atoms with van der Waals surface area (Å²) in [4.78, 5) is 21.8. The van der Waals surface area contributed by atoms with Crippen molar-refractivity contribution in [2.75, 3.05) is 25.3 Å². The largest absolute Gasteiger partial charge is 0.446 e. The van der Waals surface area contributed by atoms with Gasteiger partial charge in [0.2, 0.25) is 5.82 Å². The fourth-order valence-electron chi connectivity index (χ4n) is 2.82. The number of anilines is 1. The fraction of sp³-hybridized carbons (Fsp3) is 0.300. The van der Waals surface area contributed by atoms with Crippen molar-refractivity contribution in [3.05, 3.63) is 65.6 Å². The zero-order valence-corrected chi connectivity index (χ0v) is 17.2. The zero-order chi connectivity index (χ0) is 22.2. The third-order valence-electron chi connectivity index (χ3n) is 4.38. The minimum absolute atomic E-state index is 0.0689. The van der Waals surface area contributed by atoms with Crippen LogP contribution in [0.1, 0.15) is 17.1 Å². The van der Waals surface area contributed by atoms with Gasteiger partial charge in [-0.15, -0.1) is 5.10 Å². The van der Waals surface area contributed by atoms with Crippen molar-refractivity contribution in [1.29, 1.82) is 0 Å². The number of oxime groups is 1. The summed E-state index contributed by atoms with van der Waals surface area (Å²) >= 11 is 0. The Morgan fingerprint density at radius 1 is 1.25 bits per heavy atom. The Kier molecular flexibility index (Phi) is 6.94. The van der Waals surface area contributed by atoms with E-state index in [1.165, 1.54) is 4.68 Å². The second-order valence-electron chi connectivity index (χ2n) is 6.72. The van der Waals surface area contributed by atoms with Gasteiger partial charge in [-0.25, -0.2) is 14.5 Å².